The molecule has 19 heavy (non-hydrogen) atoms. The highest BCUT2D eigenvalue weighted by Gasteiger charge is 2.17. The molecule has 0 aliphatic carbocycles. The fourth-order valence-electron chi connectivity index (χ4n) is 1.12. The van der Waals surface area contributed by atoms with Crippen LogP contribution < -0.4 is 10.6 Å². The first-order valence-electron chi connectivity index (χ1n) is 5.93. The van der Waals surface area contributed by atoms with Gasteiger partial charge in [0.05, 0.1) is 18.6 Å². The summed E-state index contributed by atoms with van der Waals surface area (Å²) >= 11 is 0. The van der Waals surface area contributed by atoms with Crippen molar-refractivity contribution in [3.8, 4) is 0 Å². The van der Waals surface area contributed by atoms with E-state index in [9.17, 15) is 4.79 Å². The number of ether oxygens (including phenoxy) is 2. The van der Waals surface area contributed by atoms with E-state index >= 15 is 0 Å². The second-order valence-electron chi connectivity index (χ2n) is 4.69. The van der Waals surface area contributed by atoms with Gasteiger partial charge in [-0.25, -0.2) is 0 Å². The Morgan fingerprint density at radius 2 is 1.89 bits per heavy atom. The number of carbonyl (C=O) groups is 1. The molecule has 0 radical (unpaired) electrons. The molecular weight excluding hydrogens is 361 g/mol. The number of halogens is 1. The number of methoxy groups -OCH3 is 2. The van der Waals surface area contributed by atoms with Crippen LogP contribution in [0.5, 0.6) is 0 Å². The number of esters is 1. The molecule has 0 aromatic rings. The maximum atomic E-state index is 11.2. The maximum absolute atomic E-state index is 11.2. The van der Waals surface area contributed by atoms with Crippen molar-refractivity contribution in [2.24, 2.45) is 10.9 Å². The van der Waals surface area contributed by atoms with Gasteiger partial charge < -0.3 is 20.1 Å². The smallest absolute Gasteiger partial charge is 0.310 e. The molecule has 0 bridgehead atoms. The minimum atomic E-state index is -0.272. The molecule has 1 unspecified atom stereocenters. The SMILES string of the molecule is CN=C(NCC(C)C(=O)OC)NCC(C)(C)OC.I. The lowest BCUT2D eigenvalue weighted by Crippen LogP contribution is -2.46. The third-order valence-electron chi connectivity index (χ3n) is 2.64. The minimum absolute atomic E-state index is 0. The number of nitrogens with one attached hydrogen (secondary N) is 2. The average molecular weight is 387 g/mol. The largest absolute Gasteiger partial charge is 0.469 e. The number of nitrogens with zero attached hydrogens (tertiary/aromatic N) is 1. The van der Waals surface area contributed by atoms with Crippen LogP contribution in [0, 0.1) is 5.92 Å². The highest BCUT2D eigenvalue weighted by molar-refractivity contribution is 14.0. The molecule has 0 rings (SSSR count). The van der Waals surface area contributed by atoms with Crippen molar-refractivity contribution in [3.05, 3.63) is 0 Å². The zero-order chi connectivity index (χ0) is 14.2. The summed E-state index contributed by atoms with van der Waals surface area (Å²) in [5.41, 5.74) is -0.272. The van der Waals surface area contributed by atoms with Crippen molar-refractivity contribution in [1.29, 1.82) is 0 Å². The number of hydrogen-bond acceptors (Lipinski definition) is 4. The van der Waals surface area contributed by atoms with E-state index in [0.717, 1.165) is 0 Å². The Labute approximate surface area is 132 Å². The van der Waals surface area contributed by atoms with E-state index in [1.807, 2.05) is 13.8 Å². The monoisotopic (exact) mass is 387 g/mol. The molecule has 0 heterocycles. The second-order valence-corrected chi connectivity index (χ2v) is 4.69. The van der Waals surface area contributed by atoms with Crippen LogP contribution in [0.1, 0.15) is 20.8 Å². The van der Waals surface area contributed by atoms with Gasteiger partial charge in [-0.1, -0.05) is 6.92 Å². The normalized spacial score (nSPS) is 13.3. The fraction of sp³-hybridized carbons (Fsp3) is 0.833. The third-order valence-corrected chi connectivity index (χ3v) is 2.64. The minimum Gasteiger partial charge on any atom is -0.469 e. The van der Waals surface area contributed by atoms with Crippen LogP contribution in [0.3, 0.4) is 0 Å². The summed E-state index contributed by atoms with van der Waals surface area (Å²) in [4.78, 5) is 15.3. The molecule has 0 saturated carbocycles. The molecule has 7 heteroatoms. The molecule has 2 N–H and O–H groups in total. The van der Waals surface area contributed by atoms with E-state index in [4.69, 9.17) is 4.74 Å². The van der Waals surface area contributed by atoms with Gasteiger partial charge in [0, 0.05) is 27.2 Å². The lowest BCUT2D eigenvalue weighted by Gasteiger charge is -2.24. The van der Waals surface area contributed by atoms with Crippen LogP contribution in [-0.4, -0.2) is 51.9 Å². The summed E-state index contributed by atoms with van der Waals surface area (Å²) in [6.07, 6.45) is 0. The van der Waals surface area contributed by atoms with Crippen LogP contribution in [0.15, 0.2) is 4.99 Å². The summed E-state index contributed by atoms with van der Waals surface area (Å²) in [7, 11) is 4.72. The number of guanidine groups is 1. The van der Waals surface area contributed by atoms with Gasteiger partial charge in [-0.3, -0.25) is 9.79 Å². The molecule has 0 amide bonds. The summed E-state index contributed by atoms with van der Waals surface area (Å²) in [5, 5.41) is 6.20. The maximum Gasteiger partial charge on any atom is 0.310 e. The van der Waals surface area contributed by atoms with Gasteiger partial charge in [0.25, 0.3) is 0 Å². The van der Waals surface area contributed by atoms with Crippen molar-refractivity contribution in [3.63, 3.8) is 0 Å². The zero-order valence-electron chi connectivity index (χ0n) is 12.6. The zero-order valence-corrected chi connectivity index (χ0v) is 14.9. The van der Waals surface area contributed by atoms with Gasteiger partial charge in [0.1, 0.15) is 0 Å². The average Bonchev–Trinajstić information content (AvgIpc) is 2.37. The van der Waals surface area contributed by atoms with Crippen molar-refractivity contribution in [2.45, 2.75) is 26.4 Å². The van der Waals surface area contributed by atoms with E-state index in [1.54, 1.807) is 21.1 Å². The molecular formula is C12H26IN3O3. The molecule has 0 aliphatic heterocycles. The van der Waals surface area contributed by atoms with Crippen LogP contribution in [0.2, 0.25) is 0 Å². The van der Waals surface area contributed by atoms with Crippen LogP contribution in [0.4, 0.5) is 0 Å². The highest BCUT2D eigenvalue weighted by atomic mass is 127. The highest BCUT2D eigenvalue weighted by Crippen LogP contribution is 2.04. The van der Waals surface area contributed by atoms with E-state index in [-0.39, 0.29) is 41.5 Å². The molecule has 6 nitrogen and oxygen atoms in total. The molecule has 0 saturated heterocycles. The number of aliphatic imine (C=N–C) groups is 1. The number of hydrogen-bond donors (Lipinski definition) is 2. The van der Waals surface area contributed by atoms with Crippen LogP contribution in [-0.2, 0) is 14.3 Å². The third kappa shape index (κ3) is 9.04. The summed E-state index contributed by atoms with van der Waals surface area (Å²) in [5.74, 6) is 0.176. The van der Waals surface area contributed by atoms with E-state index in [2.05, 4.69) is 20.4 Å². The summed E-state index contributed by atoms with van der Waals surface area (Å²) < 4.78 is 9.94. The molecule has 0 aromatic heterocycles. The van der Waals surface area contributed by atoms with Crippen molar-refractivity contribution < 1.29 is 14.3 Å². The Morgan fingerprint density at radius 3 is 2.32 bits per heavy atom. The van der Waals surface area contributed by atoms with E-state index < -0.39 is 0 Å². The Hall–Kier alpha value is -0.570. The first-order valence-corrected chi connectivity index (χ1v) is 5.93. The van der Waals surface area contributed by atoms with Crippen molar-refractivity contribution >= 4 is 35.9 Å². The molecule has 114 valence electrons. The van der Waals surface area contributed by atoms with E-state index in [0.29, 0.717) is 19.0 Å². The van der Waals surface area contributed by atoms with Crippen molar-refractivity contribution in [1.82, 2.24) is 10.6 Å². The molecule has 0 spiro atoms. The van der Waals surface area contributed by atoms with E-state index in [1.165, 1.54) is 7.11 Å². The van der Waals surface area contributed by atoms with Crippen LogP contribution >= 0.6 is 24.0 Å². The molecule has 1 atom stereocenters. The van der Waals surface area contributed by atoms with Crippen molar-refractivity contribution in [2.75, 3.05) is 34.4 Å². The van der Waals surface area contributed by atoms with Gasteiger partial charge in [-0.05, 0) is 13.8 Å². The summed E-state index contributed by atoms with van der Waals surface area (Å²) in [6.45, 7) is 6.84. The Morgan fingerprint density at radius 1 is 1.32 bits per heavy atom. The number of rotatable bonds is 6. The topological polar surface area (TPSA) is 72.0 Å². The standard InChI is InChI=1S/C12H25N3O3.HI/c1-9(10(16)17-5)7-14-11(13-4)15-8-12(2,3)18-6;/h9H,7-8H2,1-6H3,(H2,13,14,15);1H. The number of carbonyl (C=O) groups excluding carboxylic acids is 1. The summed E-state index contributed by atoms with van der Waals surface area (Å²) in [6, 6.07) is 0. The first kappa shape index (κ1) is 20.7. The fourth-order valence-corrected chi connectivity index (χ4v) is 1.12. The van der Waals surface area contributed by atoms with Gasteiger partial charge in [0.15, 0.2) is 5.96 Å². The Bertz CT molecular complexity index is 296. The second kappa shape index (κ2) is 10.2. The molecule has 0 fully saturated rings. The lowest BCUT2D eigenvalue weighted by atomic mass is 10.1. The predicted molar refractivity (Wildman–Crippen MR) is 87.0 cm³/mol. The Kier molecular flexibility index (Phi) is 11.2. The quantitative estimate of drug-likeness (QED) is 0.308. The van der Waals surface area contributed by atoms with Gasteiger partial charge >= 0.3 is 5.97 Å². The molecule has 0 aromatic carbocycles. The Balaban J connectivity index is 0. The van der Waals surface area contributed by atoms with Crippen LogP contribution in [0.25, 0.3) is 0 Å². The lowest BCUT2D eigenvalue weighted by molar-refractivity contribution is -0.144. The van der Waals surface area contributed by atoms with Gasteiger partial charge in [0.2, 0.25) is 0 Å². The van der Waals surface area contributed by atoms with Gasteiger partial charge in [-0.15, -0.1) is 24.0 Å². The predicted octanol–water partition coefficient (Wildman–Crippen LogP) is 1.00. The first-order chi connectivity index (χ1) is 8.36. The van der Waals surface area contributed by atoms with Gasteiger partial charge in [-0.2, -0.15) is 0 Å². The molecule has 0 aliphatic rings.